The summed E-state index contributed by atoms with van der Waals surface area (Å²) in [6.45, 7) is 2.79. The van der Waals surface area contributed by atoms with Gasteiger partial charge in [-0.1, -0.05) is 23.7 Å². The van der Waals surface area contributed by atoms with Crippen LogP contribution in [0.5, 0.6) is 0 Å². The van der Waals surface area contributed by atoms with Crippen molar-refractivity contribution in [1.82, 2.24) is 4.31 Å². The topological polar surface area (TPSA) is 102 Å². The molecule has 1 amide bonds. The van der Waals surface area contributed by atoms with Crippen LogP contribution in [0.4, 0.5) is 5.69 Å². The lowest BCUT2D eigenvalue weighted by atomic mass is 10.3. The van der Waals surface area contributed by atoms with E-state index in [9.17, 15) is 18.0 Å². The number of esters is 1. The van der Waals surface area contributed by atoms with Gasteiger partial charge < -0.3 is 14.8 Å². The number of sulfonamides is 1. The molecule has 1 unspecified atom stereocenters. The number of anilines is 1. The molecule has 1 N–H and O–H groups in total. The second kappa shape index (κ2) is 11.2. The van der Waals surface area contributed by atoms with Gasteiger partial charge in [0.05, 0.1) is 28.9 Å². The molecule has 32 heavy (non-hydrogen) atoms. The molecule has 11 heteroatoms. The van der Waals surface area contributed by atoms with Crippen LogP contribution in [-0.2, 0) is 29.1 Å². The van der Waals surface area contributed by atoms with E-state index in [-0.39, 0.29) is 10.6 Å². The molecular formula is C21H23ClN2O6S2. The number of thioether (sulfide) groups is 1. The number of hydrogen-bond donors (Lipinski definition) is 1. The Morgan fingerprint density at radius 3 is 2.47 bits per heavy atom. The predicted molar refractivity (Wildman–Crippen MR) is 122 cm³/mol. The van der Waals surface area contributed by atoms with Crippen molar-refractivity contribution in [2.45, 2.75) is 22.8 Å². The van der Waals surface area contributed by atoms with E-state index in [1.165, 1.54) is 47.3 Å². The molecule has 1 aliphatic rings. The number of amides is 1. The van der Waals surface area contributed by atoms with Crippen molar-refractivity contribution < 1.29 is 27.5 Å². The molecular weight excluding hydrogens is 476 g/mol. The Morgan fingerprint density at radius 2 is 1.81 bits per heavy atom. The minimum Gasteiger partial charge on any atom is -0.452 e. The smallest absolute Gasteiger partial charge is 0.317 e. The monoisotopic (exact) mass is 498 g/mol. The number of morpholine rings is 1. The van der Waals surface area contributed by atoms with Gasteiger partial charge in [-0.3, -0.25) is 9.59 Å². The zero-order chi connectivity index (χ0) is 23.1. The lowest BCUT2D eigenvalue weighted by molar-refractivity contribution is -0.150. The van der Waals surface area contributed by atoms with Crippen LogP contribution >= 0.6 is 23.4 Å². The van der Waals surface area contributed by atoms with Crippen molar-refractivity contribution >= 4 is 50.9 Å². The molecule has 0 bridgehead atoms. The Morgan fingerprint density at radius 1 is 1.16 bits per heavy atom. The van der Waals surface area contributed by atoms with Crippen LogP contribution in [0.15, 0.2) is 58.3 Å². The highest BCUT2D eigenvalue weighted by molar-refractivity contribution is 8.00. The molecule has 172 valence electrons. The first-order valence-electron chi connectivity index (χ1n) is 9.83. The third kappa shape index (κ3) is 6.46. The zero-order valence-corrected chi connectivity index (χ0v) is 19.7. The molecule has 0 radical (unpaired) electrons. The summed E-state index contributed by atoms with van der Waals surface area (Å²) in [6.07, 6.45) is -1.02. The van der Waals surface area contributed by atoms with E-state index < -0.39 is 28.0 Å². The number of carbonyl (C=O) groups excluding carboxylic acids is 2. The molecule has 1 saturated heterocycles. The number of nitrogens with zero attached hydrogens (tertiary/aromatic N) is 1. The average molecular weight is 499 g/mol. The van der Waals surface area contributed by atoms with Crippen molar-refractivity contribution in [3.05, 3.63) is 53.6 Å². The number of ether oxygens (including phenoxy) is 2. The van der Waals surface area contributed by atoms with E-state index in [0.29, 0.717) is 37.0 Å². The first kappa shape index (κ1) is 24.5. The quantitative estimate of drug-likeness (QED) is 0.441. The van der Waals surface area contributed by atoms with E-state index in [1.807, 2.05) is 6.07 Å². The Balaban J connectivity index is 1.51. The van der Waals surface area contributed by atoms with Gasteiger partial charge in [-0.15, -0.1) is 11.8 Å². The van der Waals surface area contributed by atoms with Crippen LogP contribution in [0.1, 0.15) is 6.92 Å². The minimum absolute atomic E-state index is 0.00937. The summed E-state index contributed by atoms with van der Waals surface area (Å²) in [5, 5.41) is 3.15. The first-order chi connectivity index (χ1) is 15.3. The molecule has 3 rings (SSSR count). The van der Waals surface area contributed by atoms with Gasteiger partial charge in [0.2, 0.25) is 10.0 Å². The standard InChI is InChI=1S/C21H23ClN2O6S2/c1-15(30-20(25)14-31-19-5-3-2-4-18(19)22)21(26)23-16-6-8-17(9-7-16)32(27,28)24-10-12-29-13-11-24/h2-9,15H,10-14H2,1H3,(H,23,26). The van der Waals surface area contributed by atoms with Crippen molar-refractivity contribution in [1.29, 1.82) is 0 Å². The Kier molecular flexibility index (Phi) is 8.55. The Labute approximate surface area is 196 Å². The second-order valence-electron chi connectivity index (χ2n) is 6.88. The van der Waals surface area contributed by atoms with E-state index in [0.717, 1.165) is 4.90 Å². The largest absolute Gasteiger partial charge is 0.452 e. The van der Waals surface area contributed by atoms with E-state index in [2.05, 4.69) is 5.32 Å². The number of rotatable bonds is 8. The fourth-order valence-electron chi connectivity index (χ4n) is 2.87. The molecule has 1 fully saturated rings. The number of nitrogens with one attached hydrogen (secondary N) is 1. The molecule has 1 heterocycles. The first-order valence-corrected chi connectivity index (χ1v) is 12.6. The minimum atomic E-state index is -3.61. The highest BCUT2D eigenvalue weighted by Crippen LogP contribution is 2.26. The number of halogens is 1. The molecule has 0 aliphatic carbocycles. The summed E-state index contributed by atoms with van der Waals surface area (Å²) >= 11 is 7.28. The zero-order valence-electron chi connectivity index (χ0n) is 17.3. The van der Waals surface area contributed by atoms with Gasteiger partial charge in [-0.05, 0) is 43.3 Å². The third-order valence-corrected chi connectivity index (χ3v) is 7.99. The van der Waals surface area contributed by atoms with Crippen LogP contribution < -0.4 is 5.32 Å². The molecule has 0 aromatic heterocycles. The lowest BCUT2D eigenvalue weighted by Crippen LogP contribution is -2.40. The van der Waals surface area contributed by atoms with Crippen molar-refractivity contribution in [3.8, 4) is 0 Å². The van der Waals surface area contributed by atoms with Crippen molar-refractivity contribution in [2.24, 2.45) is 0 Å². The summed E-state index contributed by atoms with van der Waals surface area (Å²) in [5.41, 5.74) is 0.393. The number of hydrogen-bond acceptors (Lipinski definition) is 7. The van der Waals surface area contributed by atoms with E-state index in [4.69, 9.17) is 21.1 Å². The molecule has 1 aliphatic heterocycles. The van der Waals surface area contributed by atoms with Crippen LogP contribution in [-0.4, -0.2) is 62.8 Å². The van der Waals surface area contributed by atoms with Crippen molar-refractivity contribution in [2.75, 3.05) is 37.4 Å². The van der Waals surface area contributed by atoms with Gasteiger partial charge in [0, 0.05) is 23.7 Å². The molecule has 2 aromatic rings. The van der Waals surface area contributed by atoms with Gasteiger partial charge >= 0.3 is 5.97 Å². The Hall–Kier alpha value is -2.11. The van der Waals surface area contributed by atoms with Gasteiger partial charge in [-0.2, -0.15) is 4.31 Å². The van der Waals surface area contributed by atoms with Crippen LogP contribution in [0, 0.1) is 0 Å². The highest BCUT2D eigenvalue weighted by Gasteiger charge is 2.26. The summed E-state index contributed by atoms with van der Waals surface area (Å²) in [7, 11) is -3.61. The summed E-state index contributed by atoms with van der Waals surface area (Å²) in [4.78, 5) is 25.3. The third-order valence-electron chi connectivity index (χ3n) is 4.59. The van der Waals surface area contributed by atoms with Gasteiger partial charge in [0.1, 0.15) is 0 Å². The average Bonchev–Trinajstić information content (AvgIpc) is 2.79. The van der Waals surface area contributed by atoms with Crippen LogP contribution in [0.25, 0.3) is 0 Å². The van der Waals surface area contributed by atoms with Crippen molar-refractivity contribution in [3.63, 3.8) is 0 Å². The van der Waals surface area contributed by atoms with Crippen LogP contribution in [0.2, 0.25) is 5.02 Å². The fourth-order valence-corrected chi connectivity index (χ4v) is 5.30. The van der Waals surface area contributed by atoms with Crippen LogP contribution in [0.3, 0.4) is 0 Å². The lowest BCUT2D eigenvalue weighted by Gasteiger charge is -2.26. The van der Waals surface area contributed by atoms with Gasteiger partial charge in [0.15, 0.2) is 6.10 Å². The maximum absolute atomic E-state index is 12.7. The molecule has 2 aromatic carbocycles. The maximum Gasteiger partial charge on any atom is 0.317 e. The number of benzene rings is 2. The van der Waals surface area contributed by atoms with E-state index in [1.54, 1.807) is 18.2 Å². The predicted octanol–water partition coefficient (Wildman–Crippen LogP) is 3.02. The van der Waals surface area contributed by atoms with Gasteiger partial charge in [0.25, 0.3) is 5.91 Å². The summed E-state index contributed by atoms with van der Waals surface area (Å²) < 4.78 is 37.0. The molecule has 1 atom stereocenters. The molecule has 8 nitrogen and oxygen atoms in total. The highest BCUT2D eigenvalue weighted by atomic mass is 35.5. The molecule has 0 spiro atoms. The van der Waals surface area contributed by atoms with E-state index >= 15 is 0 Å². The second-order valence-corrected chi connectivity index (χ2v) is 10.2. The Bertz CT molecular complexity index is 1060. The number of carbonyl (C=O) groups is 2. The normalized spacial score (nSPS) is 15.7. The van der Waals surface area contributed by atoms with Gasteiger partial charge in [-0.25, -0.2) is 8.42 Å². The fraction of sp³-hybridized carbons (Fsp3) is 0.333. The molecule has 0 saturated carbocycles. The maximum atomic E-state index is 12.7. The summed E-state index contributed by atoms with van der Waals surface area (Å²) in [6, 6.07) is 13.0. The SMILES string of the molecule is CC(OC(=O)CSc1ccccc1Cl)C(=O)Nc1ccc(S(=O)(=O)N2CCOCC2)cc1. The summed E-state index contributed by atoms with van der Waals surface area (Å²) in [5.74, 6) is -1.07.